The highest BCUT2D eigenvalue weighted by atomic mass is 16.3. The summed E-state index contributed by atoms with van der Waals surface area (Å²) >= 11 is 0. The average Bonchev–Trinajstić information content (AvgIpc) is 3.65. The van der Waals surface area contributed by atoms with Crippen LogP contribution in [0.1, 0.15) is 34.9 Å². The lowest BCUT2D eigenvalue weighted by molar-refractivity contribution is 0.193. The Labute approximate surface area is 256 Å². The Kier molecular flexibility index (Phi) is 6.01. The highest BCUT2D eigenvalue weighted by Gasteiger charge is 2.44. The molecule has 3 aliphatic rings. The Hall–Kier alpha value is -4.94. The molecular formula is C39H32N4O. The van der Waals surface area contributed by atoms with E-state index in [0.29, 0.717) is 0 Å². The van der Waals surface area contributed by atoms with Crippen molar-refractivity contribution in [2.24, 2.45) is 0 Å². The van der Waals surface area contributed by atoms with Crippen LogP contribution in [0.5, 0.6) is 0 Å². The number of rotatable bonds is 4. The first-order valence-corrected chi connectivity index (χ1v) is 15.4. The first-order chi connectivity index (χ1) is 21.8. The van der Waals surface area contributed by atoms with E-state index < -0.39 is 0 Å². The summed E-state index contributed by atoms with van der Waals surface area (Å²) in [6, 6.07) is 43.1. The zero-order valence-electron chi connectivity index (χ0n) is 24.1. The molecule has 0 amide bonds. The quantitative estimate of drug-likeness (QED) is 0.199. The van der Waals surface area contributed by atoms with Crippen molar-refractivity contribution in [3.05, 3.63) is 162 Å². The Bertz CT molecular complexity index is 2030. The van der Waals surface area contributed by atoms with E-state index in [4.69, 9.17) is 4.42 Å². The van der Waals surface area contributed by atoms with Gasteiger partial charge in [0.25, 0.3) is 0 Å². The van der Waals surface area contributed by atoms with Crippen molar-refractivity contribution < 1.29 is 4.42 Å². The van der Waals surface area contributed by atoms with Gasteiger partial charge in [-0.25, -0.2) is 0 Å². The summed E-state index contributed by atoms with van der Waals surface area (Å²) in [5, 5.41) is 14.0. The fourth-order valence-electron chi connectivity index (χ4n) is 7.24. The average molecular weight is 573 g/mol. The summed E-state index contributed by atoms with van der Waals surface area (Å²) in [4.78, 5) is 2.51. The van der Waals surface area contributed by atoms with E-state index in [1.807, 2.05) is 6.07 Å². The number of anilines is 1. The third kappa shape index (κ3) is 4.13. The van der Waals surface area contributed by atoms with Crippen LogP contribution in [-0.4, -0.2) is 12.3 Å². The molecule has 1 saturated heterocycles. The Morgan fingerprint density at radius 2 is 1.20 bits per heavy atom. The first-order valence-electron chi connectivity index (χ1n) is 15.4. The zero-order chi connectivity index (χ0) is 29.0. The maximum Gasteiger partial charge on any atom is 0.159 e. The van der Waals surface area contributed by atoms with E-state index in [1.165, 1.54) is 27.8 Å². The summed E-state index contributed by atoms with van der Waals surface area (Å²) < 4.78 is 6.64. The fourth-order valence-corrected chi connectivity index (χ4v) is 7.24. The van der Waals surface area contributed by atoms with Crippen molar-refractivity contribution in [1.82, 2.24) is 16.0 Å². The van der Waals surface area contributed by atoms with E-state index >= 15 is 0 Å². The second-order valence-corrected chi connectivity index (χ2v) is 11.8. The Morgan fingerprint density at radius 1 is 0.545 bits per heavy atom. The number of nitrogens with one attached hydrogen (secondary N) is 3. The number of furan rings is 1. The molecule has 0 radical (unpaired) electrons. The second kappa shape index (κ2) is 10.4. The standard InChI is InChI=1S/C39H32N4O/c1-3-11-25(12-4-1)26-19-21-28(22-20-26)38-40-37(27-13-5-2-6-14-27)41-39(42-38)43-33-17-9-7-15-29(33)31-23-24-32-30-16-8-10-18-34(30)44-36(32)35(31)43/h1-24,29,33,37-42H. The van der Waals surface area contributed by atoms with E-state index in [1.54, 1.807) is 0 Å². The van der Waals surface area contributed by atoms with E-state index in [-0.39, 0.29) is 30.6 Å². The van der Waals surface area contributed by atoms with Gasteiger partial charge in [0.05, 0.1) is 24.1 Å². The molecule has 5 unspecified atom stereocenters. The zero-order valence-corrected chi connectivity index (χ0v) is 24.1. The number of nitrogens with zero attached hydrogens (tertiary/aromatic N) is 1. The topological polar surface area (TPSA) is 52.5 Å². The summed E-state index contributed by atoms with van der Waals surface area (Å²) in [6.45, 7) is 0. The molecule has 5 nitrogen and oxygen atoms in total. The van der Waals surface area contributed by atoms with Gasteiger partial charge in [-0.1, -0.05) is 140 Å². The maximum absolute atomic E-state index is 6.64. The molecule has 214 valence electrons. The highest BCUT2D eigenvalue weighted by Crippen LogP contribution is 2.50. The van der Waals surface area contributed by atoms with Crippen LogP contribution in [0.2, 0.25) is 0 Å². The van der Waals surface area contributed by atoms with Gasteiger partial charge in [-0.2, -0.15) is 0 Å². The molecule has 6 aromatic rings. The normalized spacial score (nSPS) is 24.1. The molecule has 44 heavy (non-hydrogen) atoms. The molecule has 9 rings (SSSR count). The molecule has 5 atom stereocenters. The summed E-state index contributed by atoms with van der Waals surface area (Å²) in [7, 11) is 0. The van der Waals surface area contributed by atoms with Crippen LogP contribution in [-0.2, 0) is 0 Å². The number of para-hydroxylation sites is 1. The molecule has 1 aromatic heterocycles. The predicted molar refractivity (Wildman–Crippen MR) is 178 cm³/mol. The van der Waals surface area contributed by atoms with Crippen molar-refractivity contribution in [2.75, 3.05) is 4.90 Å². The van der Waals surface area contributed by atoms with Gasteiger partial charge in [0.2, 0.25) is 0 Å². The van der Waals surface area contributed by atoms with Crippen LogP contribution in [0.15, 0.2) is 150 Å². The molecule has 5 aromatic carbocycles. The summed E-state index contributed by atoms with van der Waals surface area (Å²) in [5.41, 5.74) is 9.13. The van der Waals surface area contributed by atoms with Crippen LogP contribution >= 0.6 is 0 Å². The van der Waals surface area contributed by atoms with E-state index in [9.17, 15) is 0 Å². The monoisotopic (exact) mass is 572 g/mol. The lowest BCUT2D eigenvalue weighted by Gasteiger charge is -2.45. The Morgan fingerprint density at radius 3 is 2.00 bits per heavy atom. The molecule has 3 heterocycles. The third-order valence-corrected chi connectivity index (χ3v) is 9.34. The largest absolute Gasteiger partial charge is 0.454 e. The number of hydrogen-bond acceptors (Lipinski definition) is 5. The molecular weight excluding hydrogens is 540 g/mol. The molecule has 0 spiro atoms. The van der Waals surface area contributed by atoms with Gasteiger partial charge in [-0.15, -0.1) is 0 Å². The predicted octanol–water partition coefficient (Wildman–Crippen LogP) is 8.11. The van der Waals surface area contributed by atoms with Gasteiger partial charge in [-0.05, 0) is 33.9 Å². The van der Waals surface area contributed by atoms with E-state index in [0.717, 1.165) is 27.6 Å². The van der Waals surface area contributed by atoms with Gasteiger partial charge in [-0.3, -0.25) is 16.0 Å². The van der Waals surface area contributed by atoms with Crippen LogP contribution in [0.25, 0.3) is 33.1 Å². The third-order valence-electron chi connectivity index (χ3n) is 9.34. The number of benzene rings is 5. The first kappa shape index (κ1) is 25.5. The maximum atomic E-state index is 6.64. The molecule has 2 aliphatic heterocycles. The van der Waals surface area contributed by atoms with Gasteiger partial charge in [0, 0.05) is 16.7 Å². The van der Waals surface area contributed by atoms with Crippen LogP contribution < -0.4 is 20.9 Å². The number of hydrogen-bond donors (Lipinski definition) is 3. The van der Waals surface area contributed by atoms with Gasteiger partial charge in [0.15, 0.2) is 5.58 Å². The van der Waals surface area contributed by atoms with Gasteiger partial charge in [0.1, 0.15) is 11.9 Å². The molecule has 1 aliphatic carbocycles. The summed E-state index contributed by atoms with van der Waals surface area (Å²) in [6.07, 6.45) is 8.66. The van der Waals surface area contributed by atoms with Crippen LogP contribution in [0.3, 0.4) is 0 Å². The second-order valence-electron chi connectivity index (χ2n) is 11.8. The van der Waals surface area contributed by atoms with Gasteiger partial charge < -0.3 is 9.32 Å². The van der Waals surface area contributed by atoms with Crippen molar-refractivity contribution in [2.45, 2.75) is 30.6 Å². The fraction of sp³-hybridized carbons (Fsp3) is 0.128. The Balaban J connectivity index is 1.16. The minimum atomic E-state index is -0.177. The molecule has 1 fully saturated rings. The molecule has 5 heteroatoms. The van der Waals surface area contributed by atoms with Crippen molar-refractivity contribution >= 4 is 27.6 Å². The van der Waals surface area contributed by atoms with Crippen molar-refractivity contribution in [1.29, 1.82) is 0 Å². The molecule has 0 bridgehead atoms. The molecule has 3 N–H and O–H groups in total. The highest BCUT2D eigenvalue weighted by molar-refractivity contribution is 6.10. The minimum Gasteiger partial charge on any atom is -0.454 e. The van der Waals surface area contributed by atoms with Crippen molar-refractivity contribution in [3.63, 3.8) is 0 Å². The van der Waals surface area contributed by atoms with Crippen molar-refractivity contribution in [3.8, 4) is 11.1 Å². The number of allylic oxidation sites excluding steroid dienone is 2. The lowest BCUT2D eigenvalue weighted by atomic mass is 9.91. The minimum absolute atomic E-state index is 0.0678. The van der Waals surface area contributed by atoms with Gasteiger partial charge >= 0.3 is 0 Å². The van der Waals surface area contributed by atoms with E-state index in [2.05, 4.69) is 160 Å². The smallest absolute Gasteiger partial charge is 0.159 e. The number of fused-ring (bicyclic) bond motifs is 7. The SMILES string of the molecule is C1=CC2c3ccc4c(oc5ccccc54)c3N(C3NC(c4ccccc4)NC(c4ccc(-c5ccccc5)cc4)N3)C2C=C1. The molecule has 0 saturated carbocycles. The van der Waals surface area contributed by atoms with Crippen LogP contribution in [0, 0.1) is 0 Å². The summed E-state index contributed by atoms with van der Waals surface area (Å²) in [5.74, 6) is 0.241. The lowest BCUT2D eigenvalue weighted by Crippen LogP contribution is -2.66. The van der Waals surface area contributed by atoms with Crippen LogP contribution in [0.4, 0.5) is 5.69 Å².